The van der Waals surface area contributed by atoms with Gasteiger partial charge in [0, 0.05) is 22.1 Å². The monoisotopic (exact) mass is 357 g/mol. The lowest BCUT2D eigenvalue weighted by molar-refractivity contribution is 0.0956. The molecule has 1 amide bonds. The first-order chi connectivity index (χ1) is 12.1. The lowest BCUT2D eigenvalue weighted by Crippen LogP contribution is -2.29. The number of aromatic nitrogens is 1. The van der Waals surface area contributed by atoms with Gasteiger partial charge in [0.1, 0.15) is 0 Å². The number of benzene rings is 1. The largest absolute Gasteiger partial charge is 0.351 e. The molecule has 0 aliphatic carbocycles. The van der Waals surface area contributed by atoms with Gasteiger partial charge in [0.15, 0.2) is 0 Å². The first-order valence-electron chi connectivity index (χ1n) is 8.69. The Bertz CT molecular complexity index is 941. The van der Waals surface area contributed by atoms with Crippen molar-refractivity contribution in [1.82, 2.24) is 15.2 Å². The van der Waals surface area contributed by atoms with Crippen molar-refractivity contribution in [2.24, 2.45) is 0 Å². The Hall–Kier alpha value is -2.18. The zero-order valence-electron chi connectivity index (χ0n) is 14.6. The minimum absolute atomic E-state index is 0.107. The molecule has 0 fully saturated rings. The molecule has 0 bridgehead atoms. The van der Waals surface area contributed by atoms with Crippen LogP contribution in [0.3, 0.4) is 0 Å². The Morgan fingerprint density at radius 1 is 1.20 bits per heavy atom. The minimum Gasteiger partial charge on any atom is -0.351 e. The number of rotatable bonds is 7. The lowest BCUT2D eigenvalue weighted by Gasteiger charge is -2.17. The second-order valence-electron chi connectivity index (χ2n) is 5.99. The SMILES string of the molecule is CCN(CC)CCCNC(=O)c1cc2c(=O)[nH]c3ccccc3c2s1. The highest BCUT2D eigenvalue weighted by molar-refractivity contribution is 7.21. The van der Waals surface area contributed by atoms with Gasteiger partial charge in [-0.25, -0.2) is 0 Å². The fourth-order valence-electron chi connectivity index (χ4n) is 2.98. The van der Waals surface area contributed by atoms with E-state index in [1.807, 2.05) is 24.3 Å². The van der Waals surface area contributed by atoms with Crippen molar-refractivity contribution in [3.63, 3.8) is 0 Å². The molecule has 1 aromatic carbocycles. The van der Waals surface area contributed by atoms with Crippen molar-refractivity contribution in [2.45, 2.75) is 20.3 Å². The molecule has 0 atom stereocenters. The van der Waals surface area contributed by atoms with Gasteiger partial charge in [-0.05, 0) is 38.2 Å². The van der Waals surface area contributed by atoms with Gasteiger partial charge >= 0.3 is 0 Å². The summed E-state index contributed by atoms with van der Waals surface area (Å²) in [4.78, 5) is 30.5. The predicted molar refractivity (Wildman–Crippen MR) is 105 cm³/mol. The molecule has 0 radical (unpaired) electrons. The molecule has 3 aromatic rings. The Labute approximate surface area is 150 Å². The fraction of sp³-hybridized carbons (Fsp3) is 0.368. The summed E-state index contributed by atoms with van der Waals surface area (Å²) < 4.78 is 0.868. The first-order valence-corrected chi connectivity index (χ1v) is 9.50. The van der Waals surface area contributed by atoms with Crippen LogP contribution < -0.4 is 10.9 Å². The highest BCUT2D eigenvalue weighted by Crippen LogP contribution is 2.29. The van der Waals surface area contributed by atoms with Crippen molar-refractivity contribution in [3.8, 4) is 0 Å². The number of nitrogens with one attached hydrogen (secondary N) is 2. The molecule has 0 spiro atoms. The molecule has 0 saturated carbocycles. The van der Waals surface area contributed by atoms with Crippen molar-refractivity contribution in [3.05, 3.63) is 45.6 Å². The van der Waals surface area contributed by atoms with E-state index in [0.29, 0.717) is 16.8 Å². The second kappa shape index (κ2) is 7.80. The smallest absolute Gasteiger partial charge is 0.261 e. The molecule has 25 heavy (non-hydrogen) atoms. The highest BCUT2D eigenvalue weighted by Gasteiger charge is 2.14. The Kier molecular flexibility index (Phi) is 5.50. The van der Waals surface area contributed by atoms with Gasteiger partial charge in [0.05, 0.1) is 10.3 Å². The summed E-state index contributed by atoms with van der Waals surface area (Å²) in [7, 11) is 0. The molecule has 0 unspecified atom stereocenters. The maximum Gasteiger partial charge on any atom is 0.261 e. The molecule has 6 heteroatoms. The van der Waals surface area contributed by atoms with Crippen LogP contribution in [0.15, 0.2) is 35.1 Å². The molecule has 3 rings (SSSR count). The summed E-state index contributed by atoms with van der Waals surface area (Å²) >= 11 is 1.38. The number of thiophene rings is 1. The lowest BCUT2D eigenvalue weighted by atomic mass is 10.2. The second-order valence-corrected chi connectivity index (χ2v) is 7.04. The highest BCUT2D eigenvalue weighted by atomic mass is 32.1. The third kappa shape index (κ3) is 3.75. The van der Waals surface area contributed by atoms with Gasteiger partial charge in [-0.1, -0.05) is 32.0 Å². The Balaban J connectivity index is 1.75. The van der Waals surface area contributed by atoms with Crippen LogP contribution in [0, 0.1) is 0 Å². The topological polar surface area (TPSA) is 65.2 Å². The van der Waals surface area contributed by atoms with E-state index in [1.54, 1.807) is 6.07 Å². The number of para-hydroxylation sites is 1. The van der Waals surface area contributed by atoms with Gasteiger partial charge in [-0.3, -0.25) is 9.59 Å². The first kappa shape index (κ1) is 17.6. The quantitative estimate of drug-likeness (QED) is 0.638. The summed E-state index contributed by atoms with van der Waals surface area (Å²) in [5.74, 6) is -0.107. The third-order valence-corrected chi connectivity index (χ3v) is 5.62. The van der Waals surface area contributed by atoms with E-state index in [9.17, 15) is 9.59 Å². The number of pyridine rings is 1. The van der Waals surface area contributed by atoms with Crippen molar-refractivity contribution in [2.75, 3.05) is 26.2 Å². The fourth-order valence-corrected chi connectivity index (χ4v) is 4.09. The zero-order chi connectivity index (χ0) is 17.8. The van der Waals surface area contributed by atoms with Crippen molar-refractivity contribution >= 4 is 38.2 Å². The van der Waals surface area contributed by atoms with E-state index in [4.69, 9.17) is 0 Å². The maximum absolute atomic E-state index is 12.4. The van der Waals surface area contributed by atoms with E-state index in [0.717, 1.165) is 41.7 Å². The van der Waals surface area contributed by atoms with Crippen LogP contribution in [0.1, 0.15) is 29.9 Å². The van der Waals surface area contributed by atoms with Crippen LogP contribution in [0.5, 0.6) is 0 Å². The van der Waals surface area contributed by atoms with Crippen LogP contribution in [-0.4, -0.2) is 42.0 Å². The number of carbonyl (C=O) groups is 1. The summed E-state index contributed by atoms with van der Waals surface area (Å²) in [6, 6.07) is 9.37. The molecule has 5 nitrogen and oxygen atoms in total. The number of aromatic amines is 1. The molecule has 0 saturated heterocycles. The third-order valence-electron chi connectivity index (χ3n) is 4.45. The predicted octanol–water partition coefficient (Wildman–Crippen LogP) is 3.20. The zero-order valence-corrected chi connectivity index (χ0v) is 15.4. The molecule has 2 N–H and O–H groups in total. The van der Waals surface area contributed by atoms with Crippen LogP contribution in [0.2, 0.25) is 0 Å². The van der Waals surface area contributed by atoms with E-state index in [2.05, 4.69) is 29.0 Å². The van der Waals surface area contributed by atoms with Gasteiger partial charge in [0.25, 0.3) is 11.5 Å². The van der Waals surface area contributed by atoms with Crippen LogP contribution in [0.4, 0.5) is 0 Å². The van der Waals surface area contributed by atoms with Gasteiger partial charge in [0.2, 0.25) is 0 Å². The van der Waals surface area contributed by atoms with Gasteiger partial charge in [-0.2, -0.15) is 0 Å². The molecule has 132 valence electrons. The number of fused-ring (bicyclic) bond motifs is 3. The average Bonchev–Trinajstić information content (AvgIpc) is 3.08. The molecular formula is C19H23N3O2S. The van der Waals surface area contributed by atoms with Gasteiger partial charge < -0.3 is 15.2 Å². The van der Waals surface area contributed by atoms with E-state index < -0.39 is 0 Å². The number of hydrogen-bond donors (Lipinski definition) is 2. The average molecular weight is 357 g/mol. The molecule has 0 aliphatic heterocycles. The van der Waals surface area contributed by atoms with Gasteiger partial charge in [-0.15, -0.1) is 11.3 Å². The summed E-state index contributed by atoms with van der Waals surface area (Å²) in [6.45, 7) is 7.94. The molecular weight excluding hydrogens is 334 g/mol. The number of carbonyl (C=O) groups excluding carboxylic acids is 1. The standard InChI is InChI=1S/C19H23N3O2S/c1-3-22(4-2)11-7-10-20-19(24)16-12-14-17(25-16)13-8-5-6-9-15(13)21-18(14)23/h5-6,8-9,12H,3-4,7,10-11H2,1-2H3,(H,20,24)(H,21,23). The minimum atomic E-state index is -0.148. The van der Waals surface area contributed by atoms with Crippen molar-refractivity contribution in [1.29, 1.82) is 0 Å². The normalized spacial score (nSPS) is 11.5. The van der Waals surface area contributed by atoms with E-state index >= 15 is 0 Å². The number of amides is 1. The molecule has 2 heterocycles. The molecule has 2 aromatic heterocycles. The maximum atomic E-state index is 12.4. The van der Waals surface area contributed by atoms with E-state index in [-0.39, 0.29) is 11.5 Å². The number of hydrogen-bond acceptors (Lipinski definition) is 4. The van der Waals surface area contributed by atoms with Crippen LogP contribution in [-0.2, 0) is 0 Å². The summed E-state index contributed by atoms with van der Waals surface area (Å²) in [6.07, 6.45) is 0.918. The number of H-pyrrole nitrogens is 1. The van der Waals surface area contributed by atoms with Crippen molar-refractivity contribution < 1.29 is 4.79 Å². The van der Waals surface area contributed by atoms with Crippen LogP contribution in [0.25, 0.3) is 21.0 Å². The summed E-state index contributed by atoms with van der Waals surface area (Å²) in [5.41, 5.74) is 0.651. The Morgan fingerprint density at radius 2 is 1.96 bits per heavy atom. The van der Waals surface area contributed by atoms with Crippen LogP contribution >= 0.6 is 11.3 Å². The Morgan fingerprint density at radius 3 is 2.72 bits per heavy atom. The molecule has 0 aliphatic rings. The summed E-state index contributed by atoms with van der Waals surface area (Å²) in [5, 5.41) is 4.52. The van der Waals surface area contributed by atoms with E-state index in [1.165, 1.54) is 11.3 Å². The number of nitrogens with zero attached hydrogens (tertiary/aromatic N) is 1.